The molecule has 1 aromatic heterocycles. The van der Waals surface area contributed by atoms with E-state index in [0.717, 1.165) is 23.4 Å². The molecule has 1 amide bonds. The molecule has 0 aliphatic rings. The van der Waals surface area contributed by atoms with Gasteiger partial charge in [-0.3, -0.25) is 9.48 Å². The zero-order valence-electron chi connectivity index (χ0n) is 14.4. The van der Waals surface area contributed by atoms with Gasteiger partial charge in [-0.2, -0.15) is 5.10 Å². The molecule has 130 valence electrons. The Bertz CT molecular complexity index is 698. The highest BCUT2D eigenvalue weighted by Gasteiger charge is 2.18. The van der Waals surface area contributed by atoms with Gasteiger partial charge in [-0.05, 0) is 38.8 Å². The van der Waals surface area contributed by atoms with Crippen molar-refractivity contribution in [3.8, 4) is 0 Å². The number of nitrogens with zero attached hydrogens (tertiary/aromatic N) is 2. The Labute approximate surface area is 148 Å². The molecule has 0 aliphatic heterocycles. The van der Waals surface area contributed by atoms with E-state index in [-0.39, 0.29) is 5.91 Å². The molecule has 1 aromatic carbocycles. The van der Waals surface area contributed by atoms with Gasteiger partial charge in [-0.15, -0.1) is 0 Å². The van der Waals surface area contributed by atoms with Crippen LogP contribution in [0.2, 0.25) is 5.02 Å². The number of rotatable bonds is 8. The maximum absolute atomic E-state index is 12.4. The molecule has 1 heterocycles. The van der Waals surface area contributed by atoms with Gasteiger partial charge in [0.25, 0.3) is 5.91 Å². The molecule has 0 saturated carbocycles. The molecule has 0 unspecified atom stereocenters. The van der Waals surface area contributed by atoms with Crippen molar-refractivity contribution in [2.75, 3.05) is 19.8 Å². The maximum atomic E-state index is 12.4. The zero-order valence-corrected chi connectivity index (χ0v) is 15.2. The third kappa shape index (κ3) is 4.58. The van der Waals surface area contributed by atoms with E-state index >= 15 is 0 Å². The van der Waals surface area contributed by atoms with Crippen LogP contribution in [0.3, 0.4) is 0 Å². The van der Waals surface area contributed by atoms with Crippen LogP contribution in [-0.2, 0) is 11.3 Å². The van der Waals surface area contributed by atoms with Gasteiger partial charge in [-0.1, -0.05) is 29.8 Å². The first-order chi connectivity index (χ1) is 11.5. The number of aryl methyl sites for hydroxylation is 1. The van der Waals surface area contributed by atoms with Gasteiger partial charge in [-0.25, -0.2) is 0 Å². The van der Waals surface area contributed by atoms with Gasteiger partial charge in [0.15, 0.2) is 0 Å². The minimum absolute atomic E-state index is 0.0908. The summed E-state index contributed by atoms with van der Waals surface area (Å²) in [5.74, 6) is -0.0908. The quantitative estimate of drug-likeness (QED) is 0.743. The predicted molar refractivity (Wildman–Crippen MR) is 95.7 cm³/mol. The SMILES string of the molecule is CCOCCCNC(=O)c1c(C)nn(Cc2ccccc2Cl)c1C. The fraction of sp³-hybridized carbons (Fsp3) is 0.444. The molecule has 2 aromatic rings. The Balaban J connectivity index is 2.05. The molecule has 2 rings (SSSR count). The fourth-order valence-electron chi connectivity index (χ4n) is 2.58. The van der Waals surface area contributed by atoms with Crippen molar-refractivity contribution in [2.45, 2.75) is 33.7 Å². The number of carbonyl (C=O) groups is 1. The van der Waals surface area contributed by atoms with Gasteiger partial charge < -0.3 is 10.1 Å². The van der Waals surface area contributed by atoms with Gasteiger partial charge in [0.05, 0.1) is 17.8 Å². The number of amides is 1. The molecule has 0 saturated heterocycles. The minimum Gasteiger partial charge on any atom is -0.382 e. The second-order valence-corrected chi connectivity index (χ2v) is 6.01. The molecule has 0 fully saturated rings. The number of ether oxygens (including phenoxy) is 1. The van der Waals surface area contributed by atoms with Crippen LogP contribution in [0.25, 0.3) is 0 Å². The monoisotopic (exact) mass is 349 g/mol. The largest absolute Gasteiger partial charge is 0.382 e. The molecule has 0 aliphatic carbocycles. The van der Waals surface area contributed by atoms with Crippen molar-refractivity contribution < 1.29 is 9.53 Å². The summed E-state index contributed by atoms with van der Waals surface area (Å²) in [4.78, 5) is 12.4. The molecule has 0 spiro atoms. The summed E-state index contributed by atoms with van der Waals surface area (Å²) in [6, 6.07) is 7.66. The van der Waals surface area contributed by atoms with Crippen molar-refractivity contribution in [1.82, 2.24) is 15.1 Å². The van der Waals surface area contributed by atoms with Gasteiger partial charge in [0.2, 0.25) is 0 Å². The third-order valence-electron chi connectivity index (χ3n) is 3.84. The van der Waals surface area contributed by atoms with Crippen LogP contribution in [0.1, 0.15) is 40.7 Å². The van der Waals surface area contributed by atoms with E-state index < -0.39 is 0 Å². The van der Waals surface area contributed by atoms with Crippen molar-refractivity contribution in [3.05, 3.63) is 51.8 Å². The molecular formula is C18H24ClN3O2. The average Bonchev–Trinajstić information content (AvgIpc) is 2.83. The summed E-state index contributed by atoms with van der Waals surface area (Å²) in [5.41, 5.74) is 3.18. The normalized spacial score (nSPS) is 10.8. The highest BCUT2D eigenvalue weighted by Crippen LogP contribution is 2.19. The average molecular weight is 350 g/mol. The van der Waals surface area contributed by atoms with E-state index in [9.17, 15) is 4.79 Å². The van der Waals surface area contributed by atoms with Crippen LogP contribution >= 0.6 is 11.6 Å². The topological polar surface area (TPSA) is 56.1 Å². The number of halogens is 1. The van der Waals surface area contributed by atoms with Gasteiger partial charge in [0, 0.05) is 30.5 Å². The summed E-state index contributed by atoms with van der Waals surface area (Å²) in [5, 5.41) is 8.13. The Morgan fingerprint density at radius 2 is 2.08 bits per heavy atom. The van der Waals surface area contributed by atoms with E-state index in [1.807, 2.05) is 49.7 Å². The van der Waals surface area contributed by atoms with E-state index in [0.29, 0.717) is 36.9 Å². The summed E-state index contributed by atoms with van der Waals surface area (Å²) >= 11 is 6.21. The zero-order chi connectivity index (χ0) is 17.5. The maximum Gasteiger partial charge on any atom is 0.255 e. The van der Waals surface area contributed by atoms with Crippen molar-refractivity contribution in [3.63, 3.8) is 0 Å². The Kier molecular flexibility index (Phi) is 6.82. The third-order valence-corrected chi connectivity index (χ3v) is 4.21. The number of aromatic nitrogens is 2. The summed E-state index contributed by atoms with van der Waals surface area (Å²) in [6.45, 7) is 8.20. The number of hydrogen-bond donors (Lipinski definition) is 1. The van der Waals surface area contributed by atoms with E-state index in [1.54, 1.807) is 0 Å². The first kappa shape index (κ1) is 18.5. The van der Waals surface area contributed by atoms with Crippen LogP contribution in [-0.4, -0.2) is 35.4 Å². The molecule has 24 heavy (non-hydrogen) atoms. The molecule has 0 bridgehead atoms. The minimum atomic E-state index is -0.0908. The van der Waals surface area contributed by atoms with Crippen LogP contribution in [0.4, 0.5) is 0 Å². The molecule has 0 radical (unpaired) electrons. The predicted octanol–water partition coefficient (Wildman–Crippen LogP) is 3.36. The van der Waals surface area contributed by atoms with Gasteiger partial charge in [0.1, 0.15) is 0 Å². The van der Waals surface area contributed by atoms with Crippen LogP contribution in [0, 0.1) is 13.8 Å². The highest BCUT2D eigenvalue weighted by atomic mass is 35.5. The second-order valence-electron chi connectivity index (χ2n) is 5.60. The highest BCUT2D eigenvalue weighted by molar-refractivity contribution is 6.31. The van der Waals surface area contributed by atoms with Crippen LogP contribution in [0.15, 0.2) is 24.3 Å². The lowest BCUT2D eigenvalue weighted by Crippen LogP contribution is -2.26. The fourth-order valence-corrected chi connectivity index (χ4v) is 2.77. The second kappa shape index (κ2) is 8.85. The Morgan fingerprint density at radius 3 is 2.79 bits per heavy atom. The first-order valence-corrected chi connectivity index (χ1v) is 8.55. The molecule has 1 N–H and O–H groups in total. The lowest BCUT2D eigenvalue weighted by Gasteiger charge is -2.08. The van der Waals surface area contributed by atoms with Crippen molar-refractivity contribution >= 4 is 17.5 Å². The number of carbonyl (C=O) groups excluding carboxylic acids is 1. The van der Waals surface area contributed by atoms with Gasteiger partial charge >= 0.3 is 0 Å². The number of hydrogen-bond acceptors (Lipinski definition) is 3. The molecule has 5 nitrogen and oxygen atoms in total. The van der Waals surface area contributed by atoms with E-state index in [1.165, 1.54) is 0 Å². The smallest absolute Gasteiger partial charge is 0.255 e. The summed E-state index contributed by atoms with van der Waals surface area (Å²) in [6.07, 6.45) is 0.797. The molecule has 6 heteroatoms. The summed E-state index contributed by atoms with van der Waals surface area (Å²) in [7, 11) is 0. The van der Waals surface area contributed by atoms with E-state index in [2.05, 4.69) is 10.4 Å². The summed E-state index contributed by atoms with van der Waals surface area (Å²) < 4.78 is 7.09. The first-order valence-electron chi connectivity index (χ1n) is 8.18. The van der Waals surface area contributed by atoms with Crippen LogP contribution in [0.5, 0.6) is 0 Å². The van der Waals surface area contributed by atoms with Crippen molar-refractivity contribution in [1.29, 1.82) is 0 Å². The van der Waals surface area contributed by atoms with Crippen molar-refractivity contribution in [2.24, 2.45) is 0 Å². The Morgan fingerprint density at radius 1 is 1.33 bits per heavy atom. The molecule has 0 atom stereocenters. The lowest BCUT2D eigenvalue weighted by molar-refractivity contribution is 0.0943. The van der Waals surface area contributed by atoms with Crippen LogP contribution < -0.4 is 5.32 Å². The number of benzene rings is 1. The lowest BCUT2D eigenvalue weighted by atomic mass is 10.1. The molecular weight excluding hydrogens is 326 g/mol. The van der Waals surface area contributed by atoms with E-state index in [4.69, 9.17) is 16.3 Å². The Hall–Kier alpha value is -1.85. The number of nitrogens with one attached hydrogen (secondary N) is 1. The standard InChI is InChI=1S/C18H24ClN3O2/c1-4-24-11-7-10-20-18(23)17-13(2)21-22(14(17)3)12-15-8-5-6-9-16(15)19/h5-6,8-9H,4,7,10-12H2,1-3H3,(H,20,23).